The number of aryl methyl sites for hydroxylation is 1. The highest BCUT2D eigenvalue weighted by atomic mass is 35.5. The van der Waals surface area contributed by atoms with Crippen molar-refractivity contribution in [2.24, 2.45) is 7.05 Å². The molecule has 7 nitrogen and oxygen atoms in total. The maximum absolute atomic E-state index is 13.3. The highest BCUT2D eigenvalue weighted by Gasteiger charge is 2.19. The van der Waals surface area contributed by atoms with Gasteiger partial charge in [-0.2, -0.15) is 0 Å². The molecule has 2 aromatic carbocycles. The van der Waals surface area contributed by atoms with E-state index in [2.05, 4.69) is 5.32 Å². The van der Waals surface area contributed by atoms with Gasteiger partial charge in [0, 0.05) is 24.7 Å². The van der Waals surface area contributed by atoms with Gasteiger partial charge in [0.1, 0.15) is 22.6 Å². The standard InChI is InChI=1S/C22H20ClFN4O3S/c1-4-28-21(30)20-19(14-10-13(31-3)6-8-17(14)27(20)2)26-22(28)32-11-18(29)25-12-5-7-16(24)15(23)9-12/h5-10H,4,11H2,1-3H3,(H,25,29). The van der Waals surface area contributed by atoms with E-state index < -0.39 is 5.82 Å². The molecule has 0 saturated carbocycles. The summed E-state index contributed by atoms with van der Waals surface area (Å²) in [4.78, 5) is 30.4. The number of benzene rings is 2. The molecule has 0 bridgehead atoms. The van der Waals surface area contributed by atoms with Crippen molar-refractivity contribution in [2.45, 2.75) is 18.6 Å². The second-order valence-electron chi connectivity index (χ2n) is 7.05. The summed E-state index contributed by atoms with van der Waals surface area (Å²) in [5.41, 5.74) is 2.12. The van der Waals surface area contributed by atoms with Crippen molar-refractivity contribution < 1.29 is 13.9 Å². The molecule has 0 spiro atoms. The number of hydrogen-bond donors (Lipinski definition) is 1. The first-order valence-electron chi connectivity index (χ1n) is 9.78. The summed E-state index contributed by atoms with van der Waals surface area (Å²) >= 11 is 6.92. The molecule has 0 fully saturated rings. The summed E-state index contributed by atoms with van der Waals surface area (Å²) in [7, 11) is 3.41. The van der Waals surface area contributed by atoms with Crippen molar-refractivity contribution in [3.63, 3.8) is 0 Å². The lowest BCUT2D eigenvalue weighted by Crippen LogP contribution is -2.24. The van der Waals surface area contributed by atoms with Crippen LogP contribution in [0.4, 0.5) is 10.1 Å². The van der Waals surface area contributed by atoms with Gasteiger partial charge in [-0.1, -0.05) is 23.4 Å². The van der Waals surface area contributed by atoms with Crippen LogP contribution in [0, 0.1) is 5.82 Å². The van der Waals surface area contributed by atoms with Gasteiger partial charge in [0.05, 0.1) is 23.4 Å². The lowest BCUT2D eigenvalue weighted by atomic mass is 10.2. The van der Waals surface area contributed by atoms with E-state index in [1.165, 1.54) is 18.2 Å². The lowest BCUT2D eigenvalue weighted by molar-refractivity contribution is -0.113. The highest BCUT2D eigenvalue weighted by molar-refractivity contribution is 7.99. The first-order chi connectivity index (χ1) is 15.3. The summed E-state index contributed by atoms with van der Waals surface area (Å²) in [5, 5.41) is 3.83. The number of carbonyl (C=O) groups excluding carboxylic acids is 1. The van der Waals surface area contributed by atoms with Crippen molar-refractivity contribution in [1.82, 2.24) is 14.1 Å². The number of fused-ring (bicyclic) bond motifs is 3. The summed E-state index contributed by atoms with van der Waals surface area (Å²) in [5.74, 6) is -0.205. The first-order valence-corrected chi connectivity index (χ1v) is 11.1. The Labute approximate surface area is 192 Å². The van der Waals surface area contributed by atoms with Crippen molar-refractivity contribution >= 4 is 56.9 Å². The number of nitrogens with zero attached hydrogens (tertiary/aromatic N) is 3. The number of amides is 1. The molecule has 1 N–H and O–H groups in total. The Kier molecular flexibility index (Phi) is 6.12. The van der Waals surface area contributed by atoms with Gasteiger partial charge in [0.25, 0.3) is 5.56 Å². The van der Waals surface area contributed by atoms with Gasteiger partial charge in [-0.3, -0.25) is 14.2 Å². The minimum Gasteiger partial charge on any atom is -0.497 e. The van der Waals surface area contributed by atoms with Crippen LogP contribution in [0.3, 0.4) is 0 Å². The molecule has 4 aromatic rings. The van der Waals surface area contributed by atoms with Crippen LogP contribution in [0.1, 0.15) is 6.92 Å². The fraction of sp³-hybridized carbons (Fsp3) is 0.227. The second-order valence-corrected chi connectivity index (χ2v) is 8.40. The zero-order valence-electron chi connectivity index (χ0n) is 17.6. The van der Waals surface area contributed by atoms with Crippen LogP contribution in [-0.2, 0) is 18.4 Å². The van der Waals surface area contributed by atoms with Gasteiger partial charge in [0.2, 0.25) is 5.91 Å². The van der Waals surface area contributed by atoms with E-state index in [1.807, 2.05) is 36.7 Å². The van der Waals surface area contributed by atoms with E-state index in [-0.39, 0.29) is 22.2 Å². The molecule has 10 heteroatoms. The Hall–Kier alpha value is -3.04. The Balaban J connectivity index is 1.68. The zero-order chi connectivity index (χ0) is 23.0. The number of aromatic nitrogens is 3. The number of nitrogens with one attached hydrogen (secondary N) is 1. The van der Waals surface area contributed by atoms with E-state index in [4.69, 9.17) is 21.3 Å². The third-order valence-corrected chi connectivity index (χ3v) is 6.38. The predicted molar refractivity (Wildman–Crippen MR) is 125 cm³/mol. The van der Waals surface area contributed by atoms with Gasteiger partial charge in [-0.25, -0.2) is 9.37 Å². The Morgan fingerprint density at radius 1 is 1.28 bits per heavy atom. The topological polar surface area (TPSA) is 78.2 Å². The van der Waals surface area contributed by atoms with Crippen LogP contribution in [0.25, 0.3) is 21.9 Å². The maximum Gasteiger partial charge on any atom is 0.278 e. The van der Waals surface area contributed by atoms with Gasteiger partial charge in [-0.05, 0) is 43.3 Å². The molecular formula is C22H20ClFN4O3S. The fourth-order valence-corrected chi connectivity index (χ4v) is 4.59. The van der Waals surface area contributed by atoms with Crippen molar-refractivity contribution in [1.29, 1.82) is 0 Å². The minimum atomic E-state index is -0.560. The number of anilines is 1. The lowest BCUT2D eigenvalue weighted by Gasteiger charge is -2.11. The van der Waals surface area contributed by atoms with Gasteiger partial charge < -0.3 is 14.6 Å². The van der Waals surface area contributed by atoms with Crippen LogP contribution >= 0.6 is 23.4 Å². The van der Waals surface area contributed by atoms with Crippen molar-refractivity contribution in [2.75, 3.05) is 18.2 Å². The molecule has 32 heavy (non-hydrogen) atoms. The fourth-order valence-electron chi connectivity index (χ4n) is 3.55. The van der Waals surface area contributed by atoms with Gasteiger partial charge in [-0.15, -0.1) is 0 Å². The number of hydrogen-bond acceptors (Lipinski definition) is 5. The van der Waals surface area contributed by atoms with E-state index in [0.29, 0.717) is 34.2 Å². The molecule has 2 aromatic heterocycles. The smallest absolute Gasteiger partial charge is 0.278 e. The van der Waals surface area contributed by atoms with E-state index in [9.17, 15) is 14.0 Å². The average Bonchev–Trinajstić information content (AvgIpc) is 3.06. The molecule has 0 saturated heterocycles. The van der Waals surface area contributed by atoms with E-state index in [1.54, 1.807) is 11.7 Å². The number of carbonyl (C=O) groups is 1. The summed E-state index contributed by atoms with van der Waals surface area (Å²) in [6, 6.07) is 9.53. The third kappa shape index (κ3) is 3.93. The number of halogens is 2. The Morgan fingerprint density at radius 2 is 2.06 bits per heavy atom. The van der Waals surface area contributed by atoms with Crippen molar-refractivity contribution in [3.8, 4) is 5.75 Å². The number of thioether (sulfide) groups is 1. The third-order valence-electron chi connectivity index (χ3n) is 5.12. The molecule has 2 heterocycles. The Morgan fingerprint density at radius 3 is 2.75 bits per heavy atom. The molecule has 0 aliphatic heterocycles. The molecule has 166 valence electrons. The minimum absolute atomic E-state index is 0.0149. The van der Waals surface area contributed by atoms with Crippen LogP contribution in [0.15, 0.2) is 46.3 Å². The van der Waals surface area contributed by atoms with Crippen LogP contribution < -0.4 is 15.6 Å². The van der Waals surface area contributed by atoms with E-state index >= 15 is 0 Å². The Bertz CT molecular complexity index is 1420. The summed E-state index contributed by atoms with van der Waals surface area (Å²) in [6.45, 7) is 2.26. The largest absolute Gasteiger partial charge is 0.497 e. The number of ether oxygens (including phenoxy) is 1. The normalized spacial score (nSPS) is 11.3. The molecule has 0 atom stereocenters. The maximum atomic E-state index is 13.3. The number of rotatable bonds is 6. The quantitative estimate of drug-likeness (QED) is 0.330. The molecule has 4 rings (SSSR count). The first kappa shape index (κ1) is 22.2. The van der Waals surface area contributed by atoms with E-state index in [0.717, 1.165) is 22.7 Å². The monoisotopic (exact) mass is 474 g/mol. The van der Waals surface area contributed by atoms with Crippen LogP contribution in [0.5, 0.6) is 5.75 Å². The second kappa shape index (κ2) is 8.84. The van der Waals surface area contributed by atoms with Crippen molar-refractivity contribution in [3.05, 3.63) is 57.6 Å². The molecule has 1 amide bonds. The highest BCUT2D eigenvalue weighted by Crippen LogP contribution is 2.30. The van der Waals surface area contributed by atoms with Gasteiger partial charge in [0.15, 0.2) is 5.16 Å². The molecule has 0 unspecified atom stereocenters. The van der Waals surface area contributed by atoms with Crippen LogP contribution in [0.2, 0.25) is 5.02 Å². The van der Waals surface area contributed by atoms with Crippen LogP contribution in [-0.4, -0.2) is 32.9 Å². The average molecular weight is 475 g/mol. The summed E-state index contributed by atoms with van der Waals surface area (Å²) < 4.78 is 22.0. The molecule has 0 aliphatic rings. The zero-order valence-corrected chi connectivity index (χ0v) is 19.2. The molecule has 0 radical (unpaired) electrons. The van der Waals surface area contributed by atoms with Gasteiger partial charge >= 0.3 is 0 Å². The molecule has 0 aliphatic carbocycles. The number of methoxy groups -OCH3 is 1. The SMILES string of the molecule is CCn1c(SCC(=O)Nc2ccc(F)c(Cl)c2)nc2c3cc(OC)ccc3n(C)c2c1=O. The predicted octanol–water partition coefficient (Wildman–Crippen LogP) is 4.44. The summed E-state index contributed by atoms with van der Waals surface area (Å²) in [6.07, 6.45) is 0. The molecular weight excluding hydrogens is 455 g/mol.